The third kappa shape index (κ3) is 2.29. The zero-order valence-electron chi connectivity index (χ0n) is 8.38. The van der Waals surface area contributed by atoms with E-state index in [0.29, 0.717) is 18.6 Å². The van der Waals surface area contributed by atoms with Gasteiger partial charge in [0, 0.05) is 29.6 Å². The molecular weight excluding hydrogens is 204 g/mol. The Hall–Kier alpha value is -2.51. The van der Waals surface area contributed by atoms with Gasteiger partial charge in [-0.1, -0.05) is 17.0 Å². The maximum Gasteiger partial charge on any atom is 0.177 e. The van der Waals surface area contributed by atoms with Gasteiger partial charge in [-0.3, -0.25) is 0 Å². The van der Waals surface area contributed by atoms with Crippen molar-refractivity contribution in [2.45, 2.75) is 6.42 Å². The van der Waals surface area contributed by atoms with Gasteiger partial charge in [-0.05, 0) is 11.6 Å². The highest BCUT2D eigenvalue weighted by atomic mass is 15.1. The minimum atomic E-state index is 0.392. The van der Waals surface area contributed by atoms with E-state index in [1.807, 2.05) is 6.07 Å². The number of rotatable bonds is 2. The standard InChI is InChI=1S/C10H8N6/c11-16-15-4-2-1-3-8-5-9-10(12-6-8)14-7-13-9/h5-7H,2,4H2,(H,12,13,14). The third-order valence-electron chi connectivity index (χ3n) is 1.91. The van der Waals surface area contributed by atoms with Crippen LogP contribution in [0.2, 0.25) is 0 Å². The van der Waals surface area contributed by atoms with E-state index in [9.17, 15) is 0 Å². The topological polar surface area (TPSA) is 90.3 Å². The largest absolute Gasteiger partial charge is 0.343 e. The minimum Gasteiger partial charge on any atom is -0.343 e. The summed E-state index contributed by atoms with van der Waals surface area (Å²) in [5.41, 5.74) is 10.4. The second-order valence-electron chi connectivity index (χ2n) is 3.00. The maximum absolute atomic E-state index is 8.07. The molecule has 1 N–H and O–H groups in total. The number of aromatic amines is 1. The number of aromatic nitrogens is 3. The Morgan fingerprint density at radius 1 is 1.50 bits per heavy atom. The Bertz CT molecular complexity index is 596. The Labute approximate surface area is 91.4 Å². The van der Waals surface area contributed by atoms with Crippen LogP contribution in [0.5, 0.6) is 0 Å². The molecule has 0 saturated carbocycles. The summed E-state index contributed by atoms with van der Waals surface area (Å²) in [7, 11) is 0. The second kappa shape index (κ2) is 4.82. The first kappa shape index (κ1) is 10.0. The van der Waals surface area contributed by atoms with Crippen molar-refractivity contribution in [2.75, 3.05) is 6.54 Å². The van der Waals surface area contributed by atoms with E-state index in [2.05, 4.69) is 36.8 Å². The van der Waals surface area contributed by atoms with Gasteiger partial charge in [0.25, 0.3) is 0 Å². The van der Waals surface area contributed by atoms with E-state index in [1.54, 1.807) is 12.5 Å². The fraction of sp³-hybridized carbons (Fsp3) is 0.200. The fourth-order valence-electron chi connectivity index (χ4n) is 1.21. The van der Waals surface area contributed by atoms with Gasteiger partial charge < -0.3 is 4.98 Å². The summed E-state index contributed by atoms with van der Waals surface area (Å²) < 4.78 is 0. The summed E-state index contributed by atoms with van der Waals surface area (Å²) in [5, 5.41) is 3.39. The van der Waals surface area contributed by atoms with Crippen molar-refractivity contribution in [2.24, 2.45) is 5.11 Å². The predicted molar refractivity (Wildman–Crippen MR) is 59.4 cm³/mol. The molecule has 0 amide bonds. The van der Waals surface area contributed by atoms with Crippen LogP contribution in [0.25, 0.3) is 21.6 Å². The van der Waals surface area contributed by atoms with Crippen LogP contribution in [0.1, 0.15) is 12.0 Å². The molecule has 0 aliphatic rings. The first-order chi connectivity index (χ1) is 7.90. The molecule has 0 saturated heterocycles. The molecular formula is C10H8N6. The van der Waals surface area contributed by atoms with E-state index in [4.69, 9.17) is 5.53 Å². The zero-order chi connectivity index (χ0) is 11.2. The normalized spacial score (nSPS) is 9.25. The van der Waals surface area contributed by atoms with Crippen LogP contribution in [0, 0.1) is 11.8 Å². The molecule has 78 valence electrons. The quantitative estimate of drug-likeness (QED) is 0.271. The molecule has 0 aromatic carbocycles. The van der Waals surface area contributed by atoms with Crippen LogP contribution in [0.4, 0.5) is 0 Å². The van der Waals surface area contributed by atoms with Gasteiger partial charge in [0.1, 0.15) is 0 Å². The van der Waals surface area contributed by atoms with Crippen LogP contribution in [-0.4, -0.2) is 21.5 Å². The smallest absolute Gasteiger partial charge is 0.177 e. The monoisotopic (exact) mass is 212 g/mol. The summed E-state index contributed by atoms with van der Waals surface area (Å²) in [4.78, 5) is 13.7. The number of H-pyrrole nitrogens is 1. The Kier molecular flexibility index (Phi) is 3.02. The zero-order valence-corrected chi connectivity index (χ0v) is 8.38. The van der Waals surface area contributed by atoms with Gasteiger partial charge in [0.15, 0.2) is 5.65 Å². The van der Waals surface area contributed by atoms with Gasteiger partial charge >= 0.3 is 0 Å². The Balaban J connectivity index is 2.11. The van der Waals surface area contributed by atoms with E-state index < -0.39 is 0 Å². The number of nitrogens with one attached hydrogen (secondary N) is 1. The molecule has 0 fully saturated rings. The van der Waals surface area contributed by atoms with Crippen molar-refractivity contribution in [1.82, 2.24) is 15.0 Å². The number of imidazole rings is 1. The molecule has 0 unspecified atom stereocenters. The molecule has 2 aromatic heterocycles. The number of azide groups is 1. The van der Waals surface area contributed by atoms with E-state index >= 15 is 0 Å². The lowest BCUT2D eigenvalue weighted by molar-refractivity contribution is 1.01. The van der Waals surface area contributed by atoms with Gasteiger partial charge in [-0.25, -0.2) is 9.97 Å². The molecule has 0 radical (unpaired) electrons. The molecule has 6 heteroatoms. The van der Waals surface area contributed by atoms with Crippen molar-refractivity contribution >= 4 is 11.2 Å². The molecule has 16 heavy (non-hydrogen) atoms. The highest BCUT2D eigenvalue weighted by Crippen LogP contribution is 2.06. The lowest BCUT2D eigenvalue weighted by atomic mass is 10.2. The van der Waals surface area contributed by atoms with E-state index in [1.165, 1.54) is 0 Å². The summed E-state index contributed by atoms with van der Waals surface area (Å²) in [6, 6.07) is 1.88. The van der Waals surface area contributed by atoms with E-state index in [0.717, 1.165) is 11.1 Å². The van der Waals surface area contributed by atoms with Crippen molar-refractivity contribution in [3.05, 3.63) is 34.6 Å². The first-order valence-corrected chi connectivity index (χ1v) is 4.69. The van der Waals surface area contributed by atoms with Crippen LogP contribution >= 0.6 is 0 Å². The average Bonchev–Trinajstić information content (AvgIpc) is 2.76. The number of nitrogens with zero attached hydrogens (tertiary/aromatic N) is 5. The molecule has 0 spiro atoms. The summed E-state index contributed by atoms with van der Waals surface area (Å²) >= 11 is 0. The number of hydrogen-bond donors (Lipinski definition) is 1. The van der Waals surface area contributed by atoms with Crippen molar-refractivity contribution in [3.63, 3.8) is 0 Å². The highest BCUT2D eigenvalue weighted by Gasteiger charge is 1.96. The fourth-order valence-corrected chi connectivity index (χ4v) is 1.21. The van der Waals surface area contributed by atoms with Gasteiger partial charge in [-0.15, -0.1) is 0 Å². The third-order valence-corrected chi connectivity index (χ3v) is 1.91. The van der Waals surface area contributed by atoms with Crippen molar-refractivity contribution in [1.29, 1.82) is 0 Å². The first-order valence-electron chi connectivity index (χ1n) is 4.69. The van der Waals surface area contributed by atoms with Crippen molar-refractivity contribution in [3.8, 4) is 11.8 Å². The summed E-state index contributed by atoms with van der Waals surface area (Å²) in [5.74, 6) is 5.85. The number of fused-ring (bicyclic) bond motifs is 1. The number of pyridine rings is 1. The van der Waals surface area contributed by atoms with Gasteiger partial charge in [0.2, 0.25) is 0 Å². The SMILES string of the molecule is [N-]=[N+]=NCCC#Cc1cnc2nc[nH]c2c1. The van der Waals surface area contributed by atoms with Crippen LogP contribution in [0.3, 0.4) is 0 Å². The Morgan fingerprint density at radius 2 is 2.44 bits per heavy atom. The highest BCUT2D eigenvalue weighted by molar-refractivity contribution is 5.71. The second-order valence-corrected chi connectivity index (χ2v) is 3.00. The van der Waals surface area contributed by atoms with E-state index in [-0.39, 0.29) is 0 Å². The molecule has 2 rings (SSSR count). The average molecular weight is 212 g/mol. The Morgan fingerprint density at radius 3 is 3.31 bits per heavy atom. The summed E-state index contributed by atoms with van der Waals surface area (Å²) in [6.45, 7) is 0.392. The summed E-state index contributed by atoms with van der Waals surface area (Å²) in [6.07, 6.45) is 3.81. The minimum absolute atomic E-state index is 0.392. The predicted octanol–water partition coefficient (Wildman–Crippen LogP) is 2.01. The van der Waals surface area contributed by atoms with Crippen LogP contribution in [0.15, 0.2) is 23.7 Å². The van der Waals surface area contributed by atoms with Crippen LogP contribution in [-0.2, 0) is 0 Å². The lowest BCUT2D eigenvalue weighted by Crippen LogP contribution is -1.81. The van der Waals surface area contributed by atoms with Gasteiger partial charge in [-0.2, -0.15) is 0 Å². The molecule has 2 heterocycles. The molecule has 0 aliphatic heterocycles. The molecule has 0 bridgehead atoms. The van der Waals surface area contributed by atoms with Crippen LogP contribution < -0.4 is 0 Å². The molecule has 0 aliphatic carbocycles. The number of hydrogen-bond acceptors (Lipinski definition) is 3. The molecule has 6 nitrogen and oxygen atoms in total. The van der Waals surface area contributed by atoms with Gasteiger partial charge in [0.05, 0.1) is 11.8 Å². The van der Waals surface area contributed by atoms with Crippen molar-refractivity contribution < 1.29 is 0 Å². The molecule has 2 aromatic rings. The maximum atomic E-state index is 8.07. The lowest BCUT2D eigenvalue weighted by Gasteiger charge is -1.89. The molecule has 0 atom stereocenters.